The molecule has 2 aromatic rings. The van der Waals surface area contributed by atoms with Crippen molar-refractivity contribution in [3.05, 3.63) is 27.9 Å². The maximum absolute atomic E-state index is 12.6. The Morgan fingerprint density at radius 1 is 1.29 bits per heavy atom. The van der Waals surface area contributed by atoms with E-state index in [0.717, 1.165) is 49.1 Å². The molecule has 2 aromatic heterocycles. The zero-order valence-corrected chi connectivity index (χ0v) is 14.6. The Hall–Kier alpha value is -1.80. The number of amides is 1. The van der Waals surface area contributed by atoms with Gasteiger partial charge in [-0.05, 0) is 26.2 Å². The summed E-state index contributed by atoms with van der Waals surface area (Å²) in [6.45, 7) is 5.82. The van der Waals surface area contributed by atoms with Crippen molar-refractivity contribution in [1.82, 2.24) is 25.0 Å². The molecule has 1 aliphatic heterocycles. The molecule has 7 nitrogen and oxygen atoms in total. The van der Waals surface area contributed by atoms with Crippen LogP contribution in [0.4, 0.5) is 0 Å². The summed E-state index contributed by atoms with van der Waals surface area (Å²) in [5, 5.41) is 8.30. The molecule has 2 fully saturated rings. The fraction of sp³-hybridized carbons (Fsp3) is 0.625. The van der Waals surface area contributed by atoms with E-state index in [1.54, 1.807) is 5.51 Å². The number of hydrogen-bond acceptors (Lipinski definition) is 7. The number of nitrogens with zero attached hydrogens (tertiary/aromatic N) is 5. The molecule has 4 rings (SSSR count). The standard InChI is InChI=1S/C16H21N5O2S/c1-11-14(24-10-17-11)16(22)21-6-2-5-20(7-8-21)9-13-18-19-15(23-13)12-3-4-12/h10,12H,2-9H2,1H3. The van der Waals surface area contributed by atoms with Crippen LogP contribution in [0.15, 0.2) is 9.93 Å². The average Bonchev–Trinajstić information content (AvgIpc) is 3.25. The summed E-state index contributed by atoms with van der Waals surface area (Å²) in [4.78, 5) is 21.8. The summed E-state index contributed by atoms with van der Waals surface area (Å²) in [6.07, 6.45) is 3.28. The molecule has 1 amide bonds. The van der Waals surface area contributed by atoms with Crippen LogP contribution >= 0.6 is 11.3 Å². The van der Waals surface area contributed by atoms with Crippen molar-refractivity contribution in [1.29, 1.82) is 0 Å². The molecule has 0 atom stereocenters. The van der Waals surface area contributed by atoms with Gasteiger partial charge < -0.3 is 9.32 Å². The Bertz CT molecular complexity index is 724. The SMILES string of the molecule is Cc1ncsc1C(=O)N1CCCN(Cc2nnc(C3CC3)o2)CC1. The lowest BCUT2D eigenvalue weighted by atomic mass is 10.3. The van der Waals surface area contributed by atoms with Crippen molar-refractivity contribution in [2.24, 2.45) is 0 Å². The second-order valence-electron chi connectivity index (χ2n) is 6.50. The van der Waals surface area contributed by atoms with Crippen LogP contribution in [-0.2, 0) is 6.54 Å². The van der Waals surface area contributed by atoms with E-state index in [2.05, 4.69) is 20.1 Å². The van der Waals surface area contributed by atoms with E-state index in [1.807, 2.05) is 11.8 Å². The Labute approximate surface area is 144 Å². The number of aromatic nitrogens is 3. The van der Waals surface area contributed by atoms with Gasteiger partial charge in [0.05, 0.1) is 17.7 Å². The molecule has 0 aromatic carbocycles. The number of carbonyl (C=O) groups is 1. The van der Waals surface area contributed by atoms with Crippen molar-refractivity contribution in [3.8, 4) is 0 Å². The predicted octanol–water partition coefficient (Wildman–Crippen LogP) is 2.06. The van der Waals surface area contributed by atoms with Gasteiger partial charge in [-0.3, -0.25) is 9.69 Å². The molecular formula is C16H21N5O2S. The van der Waals surface area contributed by atoms with Gasteiger partial charge in [-0.15, -0.1) is 21.5 Å². The van der Waals surface area contributed by atoms with Crippen LogP contribution in [0.5, 0.6) is 0 Å². The van der Waals surface area contributed by atoms with E-state index in [-0.39, 0.29) is 5.91 Å². The minimum absolute atomic E-state index is 0.102. The Kier molecular flexibility index (Phi) is 4.32. The van der Waals surface area contributed by atoms with E-state index in [9.17, 15) is 4.79 Å². The van der Waals surface area contributed by atoms with Crippen LogP contribution in [0, 0.1) is 6.92 Å². The molecule has 0 bridgehead atoms. The van der Waals surface area contributed by atoms with Crippen molar-refractivity contribution < 1.29 is 9.21 Å². The minimum Gasteiger partial charge on any atom is -0.424 e. The lowest BCUT2D eigenvalue weighted by molar-refractivity contribution is 0.0764. The largest absolute Gasteiger partial charge is 0.424 e. The van der Waals surface area contributed by atoms with Crippen molar-refractivity contribution in [3.63, 3.8) is 0 Å². The molecule has 128 valence electrons. The first-order valence-electron chi connectivity index (χ1n) is 8.44. The van der Waals surface area contributed by atoms with Crippen molar-refractivity contribution >= 4 is 17.2 Å². The second kappa shape index (κ2) is 6.60. The highest BCUT2D eigenvalue weighted by atomic mass is 32.1. The summed E-state index contributed by atoms with van der Waals surface area (Å²) in [5.74, 6) is 2.07. The monoisotopic (exact) mass is 347 g/mol. The lowest BCUT2D eigenvalue weighted by Crippen LogP contribution is -2.35. The highest BCUT2D eigenvalue weighted by molar-refractivity contribution is 7.11. The normalized spacial score (nSPS) is 19.5. The van der Waals surface area contributed by atoms with Gasteiger partial charge in [0, 0.05) is 32.1 Å². The molecule has 0 radical (unpaired) electrons. The summed E-state index contributed by atoms with van der Waals surface area (Å²) in [7, 11) is 0. The first kappa shape index (κ1) is 15.7. The molecule has 0 spiro atoms. The number of carbonyl (C=O) groups excluding carboxylic acids is 1. The second-order valence-corrected chi connectivity index (χ2v) is 7.35. The van der Waals surface area contributed by atoms with Gasteiger partial charge in [0.15, 0.2) is 0 Å². The molecule has 2 aliphatic rings. The quantitative estimate of drug-likeness (QED) is 0.843. The molecular weight excluding hydrogens is 326 g/mol. The fourth-order valence-corrected chi connectivity index (χ4v) is 3.77. The smallest absolute Gasteiger partial charge is 0.265 e. The Morgan fingerprint density at radius 3 is 2.92 bits per heavy atom. The van der Waals surface area contributed by atoms with E-state index >= 15 is 0 Å². The molecule has 1 saturated heterocycles. The van der Waals surface area contributed by atoms with E-state index in [0.29, 0.717) is 18.4 Å². The van der Waals surface area contributed by atoms with Gasteiger partial charge in [0.1, 0.15) is 4.88 Å². The lowest BCUT2D eigenvalue weighted by Gasteiger charge is -2.20. The van der Waals surface area contributed by atoms with Crippen LogP contribution in [0.25, 0.3) is 0 Å². The topological polar surface area (TPSA) is 75.4 Å². The van der Waals surface area contributed by atoms with Crippen LogP contribution in [0.2, 0.25) is 0 Å². The average molecular weight is 347 g/mol. The number of hydrogen-bond donors (Lipinski definition) is 0. The van der Waals surface area contributed by atoms with Gasteiger partial charge >= 0.3 is 0 Å². The predicted molar refractivity (Wildman–Crippen MR) is 88.9 cm³/mol. The maximum atomic E-state index is 12.6. The van der Waals surface area contributed by atoms with Gasteiger partial charge in [-0.1, -0.05) is 0 Å². The number of aryl methyl sites for hydroxylation is 1. The highest BCUT2D eigenvalue weighted by Crippen LogP contribution is 2.39. The van der Waals surface area contributed by atoms with Gasteiger partial charge in [0.2, 0.25) is 11.8 Å². The third-order valence-corrected chi connectivity index (χ3v) is 5.50. The molecule has 3 heterocycles. The minimum atomic E-state index is 0.102. The van der Waals surface area contributed by atoms with Crippen LogP contribution in [-0.4, -0.2) is 57.1 Å². The summed E-state index contributed by atoms with van der Waals surface area (Å²) >= 11 is 1.42. The molecule has 0 N–H and O–H groups in total. The fourth-order valence-electron chi connectivity index (χ4n) is 3.00. The Balaban J connectivity index is 1.35. The third-order valence-electron chi connectivity index (χ3n) is 4.58. The Morgan fingerprint density at radius 2 is 2.17 bits per heavy atom. The number of rotatable bonds is 4. The summed E-state index contributed by atoms with van der Waals surface area (Å²) < 4.78 is 5.75. The van der Waals surface area contributed by atoms with E-state index in [1.165, 1.54) is 24.2 Å². The third kappa shape index (κ3) is 3.34. The molecule has 24 heavy (non-hydrogen) atoms. The summed E-state index contributed by atoms with van der Waals surface area (Å²) in [6, 6.07) is 0. The zero-order valence-electron chi connectivity index (χ0n) is 13.8. The van der Waals surface area contributed by atoms with Crippen LogP contribution < -0.4 is 0 Å². The highest BCUT2D eigenvalue weighted by Gasteiger charge is 2.30. The van der Waals surface area contributed by atoms with Crippen LogP contribution in [0.3, 0.4) is 0 Å². The van der Waals surface area contributed by atoms with E-state index in [4.69, 9.17) is 4.42 Å². The first-order chi connectivity index (χ1) is 11.7. The van der Waals surface area contributed by atoms with E-state index < -0.39 is 0 Å². The van der Waals surface area contributed by atoms with Gasteiger partial charge in [-0.25, -0.2) is 4.98 Å². The molecule has 8 heteroatoms. The van der Waals surface area contributed by atoms with Crippen molar-refractivity contribution in [2.45, 2.75) is 38.6 Å². The molecule has 0 unspecified atom stereocenters. The van der Waals surface area contributed by atoms with Gasteiger partial charge in [0.25, 0.3) is 5.91 Å². The molecule has 1 aliphatic carbocycles. The summed E-state index contributed by atoms with van der Waals surface area (Å²) in [5.41, 5.74) is 2.56. The first-order valence-corrected chi connectivity index (χ1v) is 9.32. The molecule has 1 saturated carbocycles. The maximum Gasteiger partial charge on any atom is 0.265 e. The zero-order chi connectivity index (χ0) is 16.5. The van der Waals surface area contributed by atoms with Gasteiger partial charge in [-0.2, -0.15) is 0 Å². The van der Waals surface area contributed by atoms with Crippen molar-refractivity contribution in [2.75, 3.05) is 26.2 Å². The van der Waals surface area contributed by atoms with Crippen LogP contribution in [0.1, 0.15) is 52.3 Å². The number of thiazole rings is 1.